The lowest BCUT2D eigenvalue weighted by molar-refractivity contribution is -0.141. The minimum atomic E-state index is -4.52. The Kier molecular flexibility index (Phi) is 4.42. The quantitative estimate of drug-likeness (QED) is 0.673. The van der Waals surface area contributed by atoms with Crippen LogP contribution in [0.2, 0.25) is 5.02 Å². The highest BCUT2D eigenvalue weighted by molar-refractivity contribution is 6.33. The number of alkyl halides is 3. The van der Waals surface area contributed by atoms with Gasteiger partial charge in [-0.3, -0.25) is 9.78 Å². The SMILES string of the molecule is Cn1nc(C(F)(F)F)cc1NCc1cc(-c2c(F)cccc2Cl)[nH]n1. The van der Waals surface area contributed by atoms with Crippen molar-refractivity contribution in [1.82, 2.24) is 20.0 Å². The summed E-state index contributed by atoms with van der Waals surface area (Å²) in [6.07, 6.45) is -4.52. The molecule has 0 bridgehead atoms. The van der Waals surface area contributed by atoms with Crippen LogP contribution in [0.5, 0.6) is 0 Å². The Morgan fingerprint density at radius 3 is 2.68 bits per heavy atom. The van der Waals surface area contributed by atoms with Gasteiger partial charge in [-0.1, -0.05) is 17.7 Å². The van der Waals surface area contributed by atoms with Gasteiger partial charge in [0, 0.05) is 13.1 Å². The molecule has 0 amide bonds. The Balaban J connectivity index is 1.76. The first kappa shape index (κ1) is 17.3. The predicted molar refractivity (Wildman–Crippen MR) is 84.5 cm³/mol. The van der Waals surface area contributed by atoms with Crippen LogP contribution in [-0.2, 0) is 19.8 Å². The molecule has 1 aromatic carbocycles. The number of aromatic amines is 1. The molecule has 3 aromatic rings. The molecule has 0 saturated heterocycles. The molecule has 0 aliphatic heterocycles. The first-order chi connectivity index (χ1) is 11.8. The van der Waals surface area contributed by atoms with Crippen molar-refractivity contribution < 1.29 is 17.6 Å². The zero-order valence-electron chi connectivity index (χ0n) is 12.8. The monoisotopic (exact) mass is 373 g/mol. The fraction of sp³-hybridized carbons (Fsp3) is 0.200. The second-order valence-corrected chi connectivity index (χ2v) is 5.67. The molecule has 2 aromatic heterocycles. The smallest absolute Gasteiger partial charge is 0.365 e. The Labute approximate surface area is 144 Å². The van der Waals surface area contributed by atoms with Gasteiger partial charge in [-0.25, -0.2) is 4.39 Å². The van der Waals surface area contributed by atoms with Crippen LogP contribution >= 0.6 is 11.6 Å². The van der Waals surface area contributed by atoms with E-state index in [1.54, 1.807) is 12.1 Å². The third kappa shape index (κ3) is 3.60. The highest BCUT2D eigenvalue weighted by atomic mass is 35.5. The van der Waals surface area contributed by atoms with Gasteiger partial charge in [0.05, 0.1) is 28.5 Å². The maximum Gasteiger partial charge on any atom is 0.435 e. The number of rotatable bonds is 4. The molecule has 132 valence electrons. The number of hydrogen-bond acceptors (Lipinski definition) is 3. The standard InChI is InChI=1S/C15H12ClF4N5/c1-25-13(6-12(24-25)15(18,19)20)21-7-8-5-11(23-22-8)14-9(16)3-2-4-10(14)17/h2-6,21H,7H2,1H3,(H,22,23). The van der Waals surface area contributed by atoms with E-state index in [4.69, 9.17) is 11.6 Å². The number of aromatic nitrogens is 4. The molecule has 10 heteroatoms. The van der Waals surface area contributed by atoms with Gasteiger partial charge in [-0.2, -0.15) is 23.4 Å². The Morgan fingerprint density at radius 1 is 1.28 bits per heavy atom. The minimum Gasteiger partial charge on any atom is -0.365 e. The fourth-order valence-corrected chi connectivity index (χ4v) is 2.55. The Bertz CT molecular complexity index is 879. The lowest BCUT2D eigenvalue weighted by Gasteiger charge is -2.03. The number of hydrogen-bond donors (Lipinski definition) is 2. The van der Waals surface area contributed by atoms with Crippen LogP contribution in [0.1, 0.15) is 11.4 Å². The van der Waals surface area contributed by atoms with E-state index >= 15 is 0 Å². The van der Waals surface area contributed by atoms with Crippen LogP contribution in [-0.4, -0.2) is 20.0 Å². The highest BCUT2D eigenvalue weighted by Gasteiger charge is 2.34. The van der Waals surface area contributed by atoms with E-state index in [-0.39, 0.29) is 22.9 Å². The van der Waals surface area contributed by atoms with Gasteiger partial charge in [0.1, 0.15) is 11.6 Å². The summed E-state index contributed by atoms with van der Waals surface area (Å²) >= 11 is 5.99. The molecular weight excluding hydrogens is 362 g/mol. The zero-order valence-corrected chi connectivity index (χ0v) is 13.6. The summed E-state index contributed by atoms with van der Waals surface area (Å²) in [7, 11) is 1.40. The molecular formula is C15H12ClF4N5. The molecule has 2 heterocycles. The van der Waals surface area contributed by atoms with E-state index in [1.807, 2.05) is 0 Å². The average molecular weight is 374 g/mol. The van der Waals surface area contributed by atoms with Crippen molar-refractivity contribution in [3.05, 3.63) is 52.6 Å². The molecule has 0 aliphatic rings. The average Bonchev–Trinajstić information content (AvgIpc) is 3.11. The molecule has 25 heavy (non-hydrogen) atoms. The van der Waals surface area contributed by atoms with Crippen molar-refractivity contribution in [2.24, 2.45) is 7.05 Å². The van der Waals surface area contributed by atoms with Gasteiger partial charge in [0.25, 0.3) is 0 Å². The molecule has 0 unspecified atom stereocenters. The van der Waals surface area contributed by atoms with E-state index < -0.39 is 17.7 Å². The van der Waals surface area contributed by atoms with Crippen molar-refractivity contribution in [2.75, 3.05) is 5.32 Å². The molecule has 0 spiro atoms. The van der Waals surface area contributed by atoms with Crippen molar-refractivity contribution in [3.8, 4) is 11.3 Å². The number of nitrogens with zero attached hydrogens (tertiary/aromatic N) is 3. The Hall–Kier alpha value is -2.55. The normalized spacial score (nSPS) is 11.8. The minimum absolute atomic E-state index is 0.124. The van der Waals surface area contributed by atoms with E-state index in [2.05, 4.69) is 20.6 Å². The van der Waals surface area contributed by atoms with Crippen LogP contribution in [0.25, 0.3) is 11.3 Å². The van der Waals surface area contributed by atoms with Crippen LogP contribution in [0.15, 0.2) is 30.3 Å². The largest absolute Gasteiger partial charge is 0.435 e. The summed E-state index contributed by atoms with van der Waals surface area (Å²) in [6, 6.07) is 6.78. The zero-order chi connectivity index (χ0) is 18.2. The van der Waals surface area contributed by atoms with Crippen molar-refractivity contribution in [3.63, 3.8) is 0 Å². The number of nitrogens with one attached hydrogen (secondary N) is 2. The number of benzene rings is 1. The number of halogens is 5. The van der Waals surface area contributed by atoms with Gasteiger partial charge in [-0.05, 0) is 18.2 Å². The number of aryl methyl sites for hydroxylation is 1. The molecule has 5 nitrogen and oxygen atoms in total. The summed E-state index contributed by atoms with van der Waals surface area (Å²) in [5, 5.41) is 13.1. The topological polar surface area (TPSA) is 58.5 Å². The first-order valence-electron chi connectivity index (χ1n) is 7.09. The van der Waals surface area contributed by atoms with E-state index in [1.165, 1.54) is 19.2 Å². The summed E-state index contributed by atoms with van der Waals surface area (Å²) in [5.41, 5.74) is 0.0473. The second kappa shape index (κ2) is 6.40. The molecule has 3 rings (SSSR count). The fourth-order valence-electron chi connectivity index (χ4n) is 2.29. The maximum absolute atomic E-state index is 13.9. The van der Waals surface area contributed by atoms with Crippen molar-refractivity contribution >= 4 is 17.4 Å². The molecule has 0 aliphatic carbocycles. The van der Waals surface area contributed by atoms with Crippen molar-refractivity contribution in [2.45, 2.75) is 12.7 Å². The van der Waals surface area contributed by atoms with E-state index in [0.29, 0.717) is 11.4 Å². The van der Waals surface area contributed by atoms with Gasteiger partial charge >= 0.3 is 6.18 Å². The maximum atomic E-state index is 13.9. The molecule has 0 fully saturated rings. The number of anilines is 1. The molecule has 0 saturated carbocycles. The molecule has 0 radical (unpaired) electrons. The number of H-pyrrole nitrogens is 1. The van der Waals surface area contributed by atoms with Crippen LogP contribution in [0.3, 0.4) is 0 Å². The van der Waals surface area contributed by atoms with Crippen molar-refractivity contribution in [1.29, 1.82) is 0 Å². The van der Waals surface area contributed by atoms with Crippen LogP contribution in [0.4, 0.5) is 23.4 Å². The van der Waals surface area contributed by atoms with Crippen LogP contribution in [0, 0.1) is 5.82 Å². The van der Waals surface area contributed by atoms with E-state index in [0.717, 1.165) is 10.7 Å². The van der Waals surface area contributed by atoms with Gasteiger partial charge < -0.3 is 5.32 Å². The highest BCUT2D eigenvalue weighted by Crippen LogP contribution is 2.31. The van der Waals surface area contributed by atoms with E-state index in [9.17, 15) is 17.6 Å². The second-order valence-electron chi connectivity index (χ2n) is 5.26. The third-order valence-electron chi connectivity index (χ3n) is 3.48. The van der Waals surface area contributed by atoms with Crippen LogP contribution < -0.4 is 5.32 Å². The molecule has 2 N–H and O–H groups in total. The predicted octanol–water partition coefficient (Wildman–Crippen LogP) is 4.23. The van der Waals surface area contributed by atoms with Gasteiger partial charge in [-0.15, -0.1) is 0 Å². The lowest BCUT2D eigenvalue weighted by Crippen LogP contribution is -2.07. The van der Waals surface area contributed by atoms with Gasteiger partial charge in [0.15, 0.2) is 5.69 Å². The summed E-state index contributed by atoms with van der Waals surface area (Å²) in [6.45, 7) is 0.124. The summed E-state index contributed by atoms with van der Waals surface area (Å²) < 4.78 is 52.9. The van der Waals surface area contributed by atoms with Gasteiger partial charge in [0.2, 0.25) is 0 Å². The lowest BCUT2D eigenvalue weighted by atomic mass is 10.1. The molecule has 0 atom stereocenters. The summed E-state index contributed by atoms with van der Waals surface area (Å²) in [4.78, 5) is 0. The summed E-state index contributed by atoms with van der Waals surface area (Å²) in [5.74, 6) is -0.321. The Morgan fingerprint density at radius 2 is 2.04 bits per heavy atom. The first-order valence-corrected chi connectivity index (χ1v) is 7.47. The third-order valence-corrected chi connectivity index (χ3v) is 3.80.